The molecule has 2 rings (SSSR count). The van der Waals surface area contributed by atoms with Crippen molar-refractivity contribution in [3.63, 3.8) is 0 Å². The number of amides is 3. The average Bonchev–Trinajstić information content (AvgIpc) is 2.61. The second kappa shape index (κ2) is 8.80. The Labute approximate surface area is 152 Å². The monoisotopic (exact) mass is 354 g/mol. The molecule has 0 bridgehead atoms. The van der Waals surface area contributed by atoms with Gasteiger partial charge in [0.25, 0.3) is 5.91 Å². The lowest BCUT2D eigenvalue weighted by molar-refractivity contribution is -0.158. The van der Waals surface area contributed by atoms with Crippen molar-refractivity contribution in [2.75, 3.05) is 0 Å². The molecule has 0 aromatic heterocycles. The predicted octanol–water partition coefficient (Wildman–Crippen LogP) is 2.58. The van der Waals surface area contributed by atoms with Crippen LogP contribution in [0.25, 0.3) is 0 Å². The van der Waals surface area contributed by atoms with Crippen molar-refractivity contribution >= 4 is 17.9 Å². The fourth-order valence-electron chi connectivity index (χ4n) is 2.63. The Morgan fingerprint density at radius 3 is 1.73 bits per heavy atom. The van der Waals surface area contributed by atoms with Crippen LogP contribution in [-0.2, 0) is 14.3 Å². The van der Waals surface area contributed by atoms with Crippen molar-refractivity contribution in [2.45, 2.75) is 25.9 Å². The van der Waals surface area contributed by atoms with Gasteiger partial charge in [0, 0.05) is 0 Å². The maximum absolute atomic E-state index is 12.9. The van der Waals surface area contributed by atoms with E-state index in [2.05, 4.69) is 0 Å². The zero-order valence-corrected chi connectivity index (χ0v) is 14.7. The van der Waals surface area contributed by atoms with Crippen molar-refractivity contribution in [3.8, 4) is 0 Å². The summed E-state index contributed by atoms with van der Waals surface area (Å²) < 4.78 is 5.49. The van der Waals surface area contributed by atoms with Gasteiger partial charge in [-0.15, -0.1) is 0 Å². The SMILES string of the molecule is CC(C)[C@H](OC(=O)C(c1ccccc1)c1ccccc1)C(=O)NC(N)=O. The number of primary amides is 1. The molecule has 1 atom stereocenters. The van der Waals surface area contributed by atoms with Gasteiger partial charge in [-0.05, 0) is 17.0 Å². The highest BCUT2D eigenvalue weighted by atomic mass is 16.5. The predicted molar refractivity (Wildman–Crippen MR) is 97.2 cm³/mol. The van der Waals surface area contributed by atoms with Crippen LogP contribution in [0, 0.1) is 5.92 Å². The molecule has 0 fully saturated rings. The minimum atomic E-state index is -1.12. The van der Waals surface area contributed by atoms with Gasteiger partial charge in [0.1, 0.15) is 5.92 Å². The molecule has 2 aromatic carbocycles. The third-order valence-corrected chi connectivity index (χ3v) is 3.85. The Bertz CT molecular complexity index is 720. The maximum Gasteiger partial charge on any atom is 0.318 e. The topological polar surface area (TPSA) is 98.5 Å². The molecule has 6 nitrogen and oxygen atoms in total. The number of carbonyl (C=O) groups is 3. The van der Waals surface area contributed by atoms with Crippen LogP contribution in [0.4, 0.5) is 4.79 Å². The van der Waals surface area contributed by atoms with E-state index in [9.17, 15) is 14.4 Å². The van der Waals surface area contributed by atoms with Crippen molar-refractivity contribution in [1.29, 1.82) is 0 Å². The highest BCUT2D eigenvalue weighted by Crippen LogP contribution is 2.27. The molecule has 0 spiro atoms. The molecule has 0 saturated carbocycles. The number of benzene rings is 2. The van der Waals surface area contributed by atoms with E-state index in [1.807, 2.05) is 66.0 Å². The first kappa shape index (κ1) is 19.2. The normalized spacial score (nSPS) is 11.8. The first-order chi connectivity index (χ1) is 12.4. The van der Waals surface area contributed by atoms with Gasteiger partial charge >= 0.3 is 12.0 Å². The maximum atomic E-state index is 12.9. The van der Waals surface area contributed by atoms with Crippen LogP contribution in [0.5, 0.6) is 0 Å². The van der Waals surface area contributed by atoms with E-state index in [0.717, 1.165) is 11.1 Å². The van der Waals surface area contributed by atoms with Gasteiger partial charge in [-0.1, -0.05) is 74.5 Å². The lowest BCUT2D eigenvalue weighted by Crippen LogP contribution is -2.46. The largest absolute Gasteiger partial charge is 0.451 e. The second-order valence-corrected chi connectivity index (χ2v) is 6.21. The van der Waals surface area contributed by atoms with Gasteiger partial charge in [-0.2, -0.15) is 0 Å². The van der Waals surface area contributed by atoms with E-state index < -0.39 is 29.9 Å². The Morgan fingerprint density at radius 1 is 0.885 bits per heavy atom. The minimum absolute atomic E-state index is 0.328. The number of ether oxygens (including phenoxy) is 1. The molecule has 6 heteroatoms. The molecule has 0 radical (unpaired) electrons. The Kier molecular flexibility index (Phi) is 6.49. The second-order valence-electron chi connectivity index (χ2n) is 6.21. The fourth-order valence-corrected chi connectivity index (χ4v) is 2.63. The molecule has 0 unspecified atom stereocenters. The van der Waals surface area contributed by atoms with Crippen molar-refractivity contribution < 1.29 is 19.1 Å². The van der Waals surface area contributed by atoms with Crippen LogP contribution in [0.15, 0.2) is 60.7 Å². The van der Waals surface area contributed by atoms with Crippen molar-refractivity contribution in [1.82, 2.24) is 5.32 Å². The van der Waals surface area contributed by atoms with Crippen molar-refractivity contribution in [2.24, 2.45) is 11.7 Å². The lowest BCUT2D eigenvalue weighted by atomic mass is 9.91. The molecule has 136 valence electrons. The first-order valence-electron chi connectivity index (χ1n) is 8.30. The van der Waals surface area contributed by atoms with E-state index in [0.29, 0.717) is 0 Å². The summed E-state index contributed by atoms with van der Waals surface area (Å²) in [5.41, 5.74) is 6.50. The Hall–Kier alpha value is -3.15. The van der Waals surface area contributed by atoms with E-state index >= 15 is 0 Å². The minimum Gasteiger partial charge on any atom is -0.451 e. The smallest absolute Gasteiger partial charge is 0.318 e. The third kappa shape index (κ3) is 4.92. The molecule has 2 aromatic rings. The van der Waals surface area contributed by atoms with E-state index in [4.69, 9.17) is 10.5 Å². The van der Waals surface area contributed by atoms with Crippen LogP contribution >= 0.6 is 0 Å². The summed E-state index contributed by atoms with van der Waals surface area (Å²) in [4.78, 5) is 36.0. The number of urea groups is 1. The summed E-state index contributed by atoms with van der Waals surface area (Å²) in [5, 5.41) is 1.97. The summed E-state index contributed by atoms with van der Waals surface area (Å²) in [7, 11) is 0. The van der Waals surface area contributed by atoms with Gasteiger partial charge in [-0.25, -0.2) is 4.79 Å². The molecular formula is C20H22N2O4. The molecular weight excluding hydrogens is 332 g/mol. The number of rotatable bonds is 6. The summed E-state index contributed by atoms with van der Waals surface area (Å²) in [6.45, 7) is 3.44. The molecule has 0 aliphatic rings. The van der Waals surface area contributed by atoms with Gasteiger partial charge in [0.15, 0.2) is 6.10 Å². The zero-order valence-electron chi connectivity index (χ0n) is 14.7. The van der Waals surface area contributed by atoms with Crippen LogP contribution in [-0.4, -0.2) is 24.0 Å². The van der Waals surface area contributed by atoms with Gasteiger partial charge in [0.2, 0.25) is 0 Å². The summed E-state index contributed by atoms with van der Waals surface area (Å²) in [5.74, 6) is -2.31. The Morgan fingerprint density at radius 2 is 1.35 bits per heavy atom. The molecule has 3 amide bonds. The lowest BCUT2D eigenvalue weighted by Gasteiger charge is -2.23. The standard InChI is InChI=1S/C20H22N2O4/c1-13(2)17(18(23)22-20(21)25)26-19(24)16(14-9-5-3-6-10-14)15-11-7-4-8-12-15/h3-13,16-17H,1-2H3,(H3,21,22,23,25)/t17-/m0/s1. The van der Waals surface area contributed by atoms with E-state index in [1.54, 1.807) is 13.8 Å². The number of imide groups is 1. The zero-order chi connectivity index (χ0) is 19.1. The van der Waals surface area contributed by atoms with Crippen LogP contribution < -0.4 is 11.1 Å². The number of nitrogens with two attached hydrogens (primary N) is 1. The van der Waals surface area contributed by atoms with Gasteiger partial charge in [0.05, 0.1) is 0 Å². The molecule has 0 aliphatic carbocycles. The summed E-state index contributed by atoms with van der Waals surface area (Å²) >= 11 is 0. The van der Waals surface area contributed by atoms with E-state index in [1.165, 1.54) is 0 Å². The van der Waals surface area contributed by atoms with Crippen molar-refractivity contribution in [3.05, 3.63) is 71.8 Å². The van der Waals surface area contributed by atoms with E-state index in [-0.39, 0.29) is 5.92 Å². The van der Waals surface area contributed by atoms with Crippen LogP contribution in [0.3, 0.4) is 0 Å². The molecule has 26 heavy (non-hydrogen) atoms. The van der Waals surface area contributed by atoms with Gasteiger partial charge in [-0.3, -0.25) is 14.9 Å². The first-order valence-corrected chi connectivity index (χ1v) is 8.30. The Balaban J connectivity index is 2.31. The summed E-state index contributed by atoms with van der Waals surface area (Å²) in [6.07, 6.45) is -1.12. The molecule has 0 saturated heterocycles. The molecule has 3 N–H and O–H groups in total. The van der Waals surface area contributed by atoms with Gasteiger partial charge < -0.3 is 10.5 Å². The fraction of sp³-hybridized carbons (Fsp3) is 0.250. The number of esters is 1. The highest BCUT2D eigenvalue weighted by molar-refractivity contribution is 5.97. The molecule has 0 heterocycles. The number of nitrogens with one attached hydrogen (secondary N) is 1. The van der Waals surface area contributed by atoms with Crippen LogP contribution in [0.1, 0.15) is 30.9 Å². The third-order valence-electron chi connectivity index (χ3n) is 3.85. The highest BCUT2D eigenvalue weighted by Gasteiger charge is 2.32. The molecule has 0 aliphatic heterocycles. The number of hydrogen-bond donors (Lipinski definition) is 2. The summed E-state index contributed by atoms with van der Waals surface area (Å²) in [6, 6.07) is 17.4. The average molecular weight is 354 g/mol. The number of hydrogen-bond acceptors (Lipinski definition) is 4. The van der Waals surface area contributed by atoms with Crippen LogP contribution in [0.2, 0.25) is 0 Å². The number of carbonyl (C=O) groups excluding carboxylic acids is 3. The quantitative estimate of drug-likeness (QED) is 0.779.